The van der Waals surface area contributed by atoms with E-state index in [0.29, 0.717) is 12.0 Å². The van der Waals surface area contributed by atoms with Gasteiger partial charge in [0, 0.05) is 19.5 Å². The quantitative estimate of drug-likeness (QED) is 0.0223. The summed E-state index contributed by atoms with van der Waals surface area (Å²) in [6.07, 6.45) is -1.30. The third kappa shape index (κ3) is 18.6. The number of likely N-dealkylation sites (tertiary alicyclic amines) is 1. The van der Waals surface area contributed by atoms with E-state index in [1.165, 1.54) is 4.90 Å². The van der Waals surface area contributed by atoms with Crippen LogP contribution in [0, 0.1) is 11.3 Å². The number of guanidine groups is 1. The van der Waals surface area contributed by atoms with Crippen molar-refractivity contribution in [1.82, 2.24) is 42.1 Å². The molecule has 1 aliphatic rings. The predicted octanol–water partition coefficient (Wildman–Crippen LogP) is -5.18. The lowest BCUT2D eigenvalue weighted by atomic mass is 10.0. The first-order valence-electron chi connectivity index (χ1n) is 20.4. The van der Waals surface area contributed by atoms with Crippen molar-refractivity contribution < 1.29 is 63.3 Å². The van der Waals surface area contributed by atoms with Crippen molar-refractivity contribution in [2.75, 3.05) is 26.2 Å². The van der Waals surface area contributed by atoms with Crippen molar-refractivity contribution in [2.45, 2.75) is 108 Å². The van der Waals surface area contributed by atoms with Crippen LogP contribution in [0.25, 0.3) is 0 Å². The predicted molar refractivity (Wildman–Crippen MR) is 225 cm³/mol. The average molecular weight is 905 g/mol. The first kappa shape index (κ1) is 53.2. The van der Waals surface area contributed by atoms with E-state index < -0.39 is 127 Å². The second kappa shape index (κ2) is 26.6. The molecule has 0 saturated carbocycles. The molecule has 25 nitrogen and oxygen atoms in total. The van der Waals surface area contributed by atoms with Gasteiger partial charge in [0.25, 0.3) is 0 Å². The second-order valence-electron chi connectivity index (χ2n) is 15.5. The molecule has 1 fully saturated rings. The maximum absolute atomic E-state index is 14.1. The van der Waals surface area contributed by atoms with Gasteiger partial charge in [0.2, 0.25) is 47.3 Å². The van der Waals surface area contributed by atoms with Crippen molar-refractivity contribution in [3.05, 3.63) is 35.9 Å². The van der Waals surface area contributed by atoms with Crippen molar-refractivity contribution >= 4 is 65.2 Å². The van der Waals surface area contributed by atoms with Crippen LogP contribution >= 0.6 is 0 Å². The van der Waals surface area contributed by atoms with Crippen LogP contribution < -0.4 is 54.4 Å². The molecule has 0 radical (unpaired) electrons. The highest BCUT2D eigenvalue weighted by Gasteiger charge is 2.39. The lowest BCUT2D eigenvalue weighted by Gasteiger charge is -2.30. The van der Waals surface area contributed by atoms with E-state index in [9.17, 15) is 58.2 Å². The zero-order valence-corrected chi connectivity index (χ0v) is 35.6. The number of aliphatic hydroxyl groups is 1. The number of carboxylic acids is 2. The second-order valence-corrected chi connectivity index (χ2v) is 15.5. The summed E-state index contributed by atoms with van der Waals surface area (Å²) in [7, 11) is 0. The summed E-state index contributed by atoms with van der Waals surface area (Å²) < 4.78 is 0. The lowest BCUT2D eigenvalue weighted by Crippen LogP contribution is -2.60. The number of carboxylic acid groups (broad SMARTS) is 2. The molecule has 1 saturated heterocycles. The van der Waals surface area contributed by atoms with E-state index in [-0.39, 0.29) is 57.1 Å². The molecule has 0 spiro atoms. The van der Waals surface area contributed by atoms with E-state index in [1.54, 1.807) is 44.2 Å². The molecule has 0 bridgehead atoms. The Morgan fingerprint density at radius 1 is 0.766 bits per heavy atom. The number of carbonyl (C=O) groups excluding carboxylic acids is 8. The minimum atomic E-state index is -1.86. The number of aliphatic carboxylic acids is 2. The molecule has 0 aromatic heterocycles. The summed E-state index contributed by atoms with van der Waals surface area (Å²) in [5.74, 6) is -11.3. The number of amides is 8. The van der Waals surface area contributed by atoms with Crippen molar-refractivity contribution in [3.8, 4) is 0 Å². The summed E-state index contributed by atoms with van der Waals surface area (Å²) in [6.45, 7) is 2.10. The molecule has 0 aliphatic carbocycles. The number of rotatable bonds is 27. The molecule has 17 N–H and O–H groups in total. The van der Waals surface area contributed by atoms with Gasteiger partial charge in [-0.05, 0) is 43.6 Å². The largest absolute Gasteiger partial charge is 0.481 e. The molecule has 1 aromatic rings. The number of primary amides is 1. The van der Waals surface area contributed by atoms with E-state index in [4.69, 9.17) is 27.7 Å². The van der Waals surface area contributed by atoms with E-state index >= 15 is 0 Å². The Hall–Kier alpha value is -6.89. The molecular weight excluding hydrogens is 844 g/mol. The number of nitrogens with two attached hydrogens (primary N) is 3. The maximum Gasteiger partial charge on any atom is 0.326 e. The molecule has 2 rings (SSSR count). The fraction of sp³-hybridized carbons (Fsp3) is 0.564. The molecule has 64 heavy (non-hydrogen) atoms. The number of nitrogens with one attached hydrogen (secondary N) is 8. The highest BCUT2D eigenvalue weighted by atomic mass is 16.4. The topological polar surface area (TPSA) is 421 Å². The average Bonchev–Trinajstić information content (AvgIpc) is 3.73. The summed E-state index contributed by atoms with van der Waals surface area (Å²) in [5, 5.41) is 52.3. The van der Waals surface area contributed by atoms with Gasteiger partial charge in [-0.1, -0.05) is 44.2 Å². The fourth-order valence-corrected chi connectivity index (χ4v) is 6.55. The molecule has 1 heterocycles. The third-order valence-electron chi connectivity index (χ3n) is 9.70. The third-order valence-corrected chi connectivity index (χ3v) is 9.70. The van der Waals surface area contributed by atoms with Crippen LogP contribution in [0.15, 0.2) is 30.3 Å². The number of hydrogen-bond donors (Lipinski definition) is 14. The van der Waals surface area contributed by atoms with Gasteiger partial charge < -0.3 is 74.6 Å². The molecule has 8 amide bonds. The zero-order chi connectivity index (χ0) is 48.1. The van der Waals surface area contributed by atoms with Crippen LogP contribution in [0.2, 0.25) is 0 Å². The monoisotopic (exact) mass is 904 g/mol. The number of carbonyl (C=O) groups is 10. The standard InChI is InChI=1S/C39H60N12O13/c1-20(2)14-24(48-35(60)25(16-29(41)53)49-36(61)26(17-31(55)56)46-30(54)18-45-32(57)22(40)19-52)34(59)47-23(10-6-12-44-39(42)43)33(58)50-27(15-21-8-4-3-5-9-21)37(62)51-13-7-11-28(51)38(63)64/h3-5,8-9,20,22-28,52H,6-7,10-19,40H2,1-2H3,(H2,41,53)(H,45,57)(H,46,54)(H,47,59)(H,48,60)(H,49,61)(H,50,58)(H,55,56)(H,63,64)(H4,42,43,44)/t22-,23-,24-,25-,26-,27-,28-/m0/s1. The number of hydrogen-bond acceptors (Lipinski definition) is 13. The highest BCUT2D eigenvalue weighted by Crippen LogP contribution is 2.20. The van der Waals surface area contributed by atoms with Gasteiger partial charge >= 0.3 is 11.9 Å². The SMILES string of the molecule is CC(C)C[C@H](NC(=O)[C@H](CC(N)=O)NC(=O)[C@H](CC(=O)O)NC(=O)CNC(=O)[C@@H](N)CO)C(=O)N[C@@H](CCCNC(=N)N)C(=O)N[C@@H](Cc1ccccc1)C(=O)N1CCC[C@H]1C(=O)O. The van der Waals surface area contributed by atoms with Crippen LogP contribution in [0.4, 0.5) is 0 Å². The van der Waals surface area contributed by atoms with Crippen LogP contribution in [-0.2, 0) is 54.4 Å². The zero-order valence-electron chi connectivity index (χ0n) is 35.6. The normalized spacial score (nSPS) is 16.1. The molecule has 1 aromatic carbocycles. The summed E-state index contributed by atoms with van der Waals surface area (Å²) in [6, 6.07) is -1.67. The summed E-state index contributed by atoms with van der Waals surface area (Å²) in [5.41, 5.74) is 16.8. The van der Waals surface area contributed by atoms with Gasteiger partial charge in [-0.15, -0.1) is 0 Å². The Morgan fingerprint density at radius 3 is 1.89 bits per heavy atom. The van der Waals surface area contributed by atoms with Crippen LogP contribution in [-0.4, -0.2) is 154 Å². The fourth-order valence-electron chi connectivity index (χ4n) is 6.55. The van der Waals surface area contributed by atoms with Gasteiger partial charge in [0.05, 0.1) is 26.0 Å². The van der Waals surface area contributed by atoms with Crippen LogP contribution in [0.5, 0.6) is 0 Å². The Bertz CT molecular complexity index is 1850. The van der Waals surface area contributed by atoms with Crippen molar-refractivity contribution in [2.24, 2.45) is 23.1 Å². The molecule has 0 unspecified atom stereocenters. The Kier molecular flexibility index (Phi) is 22.1. The molecule has 354 valence electrons. The van der Waals surface area contributed by atoms with Gasteiger partial charge in [-0.25, -0.2) is 4.79 Å². The minimum absolute atomic E-state index is 0.0350. The Morgan fingerprint density at radius 2 is 1.33 bits per heavy atom. The van der Waals surface area contributed by atoms with Crippen molar-refractivity contribution in [1.29, 1.82) is 5.41 Å². The van der Waals surface area contributed by atoms with E-state index in [0.717, 1.165) is 0 Å². The Balaban J connectivity index is 2.38. The molecular formula is C39H60N12O13. The lowest BCUT2D eigenvalue weighted by molar-refractivity contribution is -0.149. The number of benzene rings is 1. The maximum atomic E-state index is 14.1. The first-order chi connectivity index (χ1) is 30.1. The summed E-state index contributed by atoms with van der Waals surface area (Å²) in [4.78, 5) is 130. The van der Waals surface area contributed by atoms with Crippen molar-refractivity contribution in [3.63, 3.8) is 0 Å². The van der Waals surface area contributed by atoms with Gasteiger partial charge in [0.1, 0.15) is 42.3 Å². The van der Waals surface area contributed by atoms with Crippen LogP contribution in [0.3, 0.4) is 0 Å². The van der Waals surface area contributed by atoms with Gasteiger partial charge in [-0.3, -0.25) is 48.6 Å². The van der Waals surface area contributed by atoms with Gasteiger partial charge in [-0.2, -0.15) is 0 Å². The number of nitrogens with zero attached hydrogens (tertiary/aromatic N) is 1. The number of aliphatic hydroxyl groups excluding tert-OH is 1. The first-order valence-corrected chi connectivity index (χ1v) is 20.4. The Labute approximate surface area is 368 Å². The highest BCUT2D eigenvalue weighted by molar-refractivity contribution is 5.99. The van der Waals surface area contributed by atoms with Gasteiger partial charge in [0.15, 0.2) is 5.96 Å². The summed E-state index contributed by atoms with van der Waals surface area (Å²) >= 11 is 0. The van der Waals surface area contributed by atoms with Crippen LogP contribution in [0.1, 0.15) is 64.4 Å². The van der Waals surface area contributed by atoms with E-state index in [1.807, 2.05) is 0 Å². The minimum Gasteiger partial charge on any atom is -0.481 e. The van der Waals surface area contributed by atoms with E-state index in [2.05, 4.69) is 37.2 Å². The smallest absolute Gasteiger partial charge is 0.326 e. The molecule has 25 heteroatoms. The molecule has 1 aliphatic heterocycles. The molecule has 7 atom stereocenters.